The number of nitrogens with one attached hydrogen (secondary N) is 1. The molecule has 1 spiro atoms. The molecule has 27 heavy (non-hydrogen) atoms. The standard InChI is InChI=1S/C21H28N2O4/c1-13-14(2)22-17-5-4-15(10-16(13)17)19(25)23-8-6-21(7-9-23)12-20(3,26)18(24)11-27-21/h4-5,10,18,22,24,26H,6-9,11-12H2,1-3H3/t18-,20-/m0/s1. The van der Waals surface area contributed by atoms with Crippen molar-refractivity contribution in [2.75, 3.05) is 19.7 Å². The average molecular weight is 372 g/mol. The van der Waals surface area contributed by atoms with E-state index >= 15 is 0 Å². The summed E-state index contributed by atoms with van der Waals surface area (Å²) in [5.41, 5.74) is 2.46. The van der Waals surface area contributed by atoms with E-state index in [0.717, 1.165) is 16.6 Å². The summed E-state index contributed by atoms with van der Waals surface area (Å²) in [7, 11) is 0. The van der Waals surface area contributed by atoms with Crippen LogP contribution in [0.3, 0.4) is 0 Å². The number of amides is 1. The number of fused-ring (bicyclic) bond motifs is 1. The number of carbonyl (C=O) groups is 1. The first-order valence-electron chi connectivity index (χ1n) is 9.63. The molecular weight excluding hydrogens is 344 g/mol. The fraction of sp³-hybridized carbons (Fsp3) is 0.571. The van der Waals surface area contributed by atoms with Gasteiger partial charge >= 0.3 is 0 Å². The number of aromatic nitrogens is 1. The van der Waals surface area contributed by atoms with Crippen molar-refractivity contribution in [2.45, 2.75) is 57.3 Å². The number of carbonyl (C=O) groups excluding carboxylic acids is 1. The van der Waals surface area contributed by atoms with E-state index < -0.39 is 17.3 Å². The van der Waals surface area contributed by atoms with E-state index in [1.165, 1.54) is 5.56 Å². The van der Waals surface area contributed by atoms with Gasteiger partial charge in [0.05, 0.1) is 17.8 Å². The summed E-state index contributed by atoms with van der Waals surface area (Å²) in [5.74, 6) is 0.0348. The third kappa shape index (κ3) is 3.16. The van der Waals surface area contributed by atoms with Gasteiger partial charge in [-0.2, -0.15) is 0 Å². The highest BCUT2D eigenvalue weighted by molar-refractivity contribution is 5.99. The van der Waals surface area contributed by atoms with Gasteiger partial charge in [0.1, 0.15) is 6.10 Å². The smallest absolute Gasteiger partial charge is 0.253 e. The molecule has 2 aliphatic heterocycles. The third-order valence-corrected chi connectivity index (χ3v) is 6.46. The molecule has 2 atom stereocenters. The number of benzene rings is 1. The molecule has 2 aromatic rings. The Labute approximate surface area is 159 Å². The largest absolute Gasteiger partial charge is 0.388 e. The zero-order valence-corrected chi connectivity index (χ0v) is 16.2. The van der Waals surface area contributed by atoms with Crippen molar-refractivity contribution in [3.05, 3.63) is 35.0 Å². The van der Waals surface area contributed by atoms with Crippen molar-refractivity contribution in [3.8, 4) is 0 Å². The lowest BCUT2D eigenvalue weighted by Gasteiger charge is -2.49. The van der Waals surface area contributed by atoms with Gasteiger partial charge in [0.15, 0.2) is 0 Å². The zero-order valence-electron chi connectivity index (χ0n) is 16.2. The topological polar surface area (TPSA) is 85.8 Å². The second kappa shape index (κ2) is 6.33. The first-order valence-corrected chi connectivity index (χ1v) is 9.63. The highest BCUT2D eigenvalue weighted by atomic mass is 16.5. The van der Waals surface area contributed by atoms with Crippen LogP contribution in [-0.4, -0.2) is 63.0 Å². The van der Waals surface area contributed by atoms with Gasteiger partial charge in [-0.3, -0.25) is 4.79 Å². The number of ether oxygens (including phenoxy) is 1. The lowest BCUT2D eigenvalue weighted by molar-refractivity contribution is -0.221. The molecule has 2 fully saturated rings. The third-order valence-electron chi connectivity index (χ3n) is 6.46. The maximum absolute atomic E-state index is 13.0. The number of hydrogen-bond acceptors (Lipinski definition) is 4. The minimum Gasteiger partial charge on any atom is -0.388 e. The second-order valence-corrected chi connectivity index (χ2v) is 8.47. The number of rotatable bonds is 1. The minimum absolute atomic E-state index is 0.0348. The summed E-state index contributed by atoms with van der Waals surface area (Å²) in [6.07, 6.45) is 0.887. The number of aliphatic hydroxyl groups excluding tert-OH is 1. The predicted octanol–water partition coefficient (Wildman–Crippen LogP) is 2.29. The van der Waals surface area contributed by atoms with Crippen LogP contribution in [0.15, 0.2) is 18.2 Å². The zero-order chi connectivity index (χ0) is 19.4. The molecule has 4 rings (SSSR count). The van der Waals surface area contributed by atoms with Crippen LogP contribution >= 0.6 is 0 Å². The van der Waals surface area contributed by atoms with Crippen molar-refractivity contribution in [3.63, 3.8) is 0 Å². The van der Waals surface area contributed by atoms with Crippen LogP contribution in [0.25, 0.3) is 10.9 Å². The van der Waals surface area contributed by atoms with Crippen LogP contribution in [0.4, 0.5) is 0 Å². The SMILES string of the molecule is Cc1[nH]c2ccc(C(=O)N3CCC4(CC3)C[C@](C)(O)[C@@H](O)CO4)cc2c1C. The van der Waals surface area contributed by atoms with E-state index in [1.807, 2.05) is 30.0 Å². The average Bonchev–Trinajstić information content (AvgIpc) is 2.92. The van der Waals surface area contributed by atoms with Gasteiger partial charge in [0.25, 0.3) is 5.91 Å². The number of H-pyrrole nitrogens is 1. The molecule has 0 aliphatic carbocycles. The molecule has 0 saturated carbocycles. The van der Waals surface area contributed by atoms with Crippen LogP contribution in [0.5, 0.6) is 0 Å². The number of aromatic amines is 1. The second-order valence-electron chi connectivity index (χ2n) is 8.47. The Kier molecular flexibility index (Phi) is 4.33. The molecule has 0 bridgehead atoms. The quantitative estimate of drug-likeness (QED) is 0.717. The monoisotopic (exact) mass is 372 g/mol. The van der Waals surface area contributed by atoms with Crippen LogP contribution in [-0.2, 0) is 4.74 Å². The molecule has 1 aromatic heterocycles. The van der Waals surface area contributed by atoms with E-state index in [1.54, 1.807) is 6.92 Å². The Bertz CT molecular complexity index is 878. The molecule has 2 aliphatic rings. The van der Waals surface area contributed by atoms with Crippen molar-refractivity contribution in [1.82, 2.24) is 9.88 Å². The molecule has 3 heterocycles. The lowest BCUT2D eigenvalue weighted by Crippen LogP contribution is -2.59. The van der Waals surface area contributed by atoms with Gasteiger partial charge in [-0.15, -0.1) is 0 Å². The van der Waals surface area contributed by atoms with Crippen LogP contribution in [0, 0.1) is 13.8 Å². The van der Waals surface area contributed by atoms with Crippen molar-refractivity contribution in [2.24, 2.45) is 0 Å². The van der Waals surface area contributed by atoms with Gasteiger partial charge < -0.3 is 24.8 Å². The predicted molar refractivity (Wildman–Crippen MR) is 103 cm³/mol. The highest BCUT2D eigenvalue weighted by Crippen LogP contribution is 2.39. The highest BCUT2D eigenvalue weighted by Gasteiger charge is 2.49. The number of likely N-dealkylation sites (tertiary alicyclic amines) is 1. The van der Waals surface area contributed by atoms with E-state index in [4.69, 9.17) is 4.74 Å². The normalized spacial score (nSPS) is 28.0. The molecule has 6 heteroatoms. The summed E-state index contributed by atoms with van der Waals surface area (Å²) < 4.78 is 5.91. The molecule has 2 saturated heterocycles. The summed E-state index contributed by atoms with van der Waals surface area (Å²) in [4.78, 5) is 18.2. The Morgan fingerprint density at radius 3 is 2.67 bits per heavy atom. The maximum Gasteiger partial charge on any atom is 0.253 e. The fourth-order valence-corrected chi connectivity index (χ4v) is 4.47. The van der Waals surface area contributed by atoms with Crippen LogP contribution in [0.2, 0.25) is 0 Å². The Morgan fingerprint density at radius 1 is 1.30 bits per heavy atom. The number of aliphatic hydroxyl groups is 2. The molecule has 1 amide bonds. The van der Waals surface area contributed by atoms with Crippen LogP contribution in [0.1, 0.15) is 47.8 Å². The van der Waals surface area contributed by atoms with Gasteiger partial charge in [-0.05, 0) is 57.4 Å². The summed E-state index contributed by atoms with van der Waals surface area (Å²) in [5, 5.41) is 21.4. The Morgan fingerprint density at radius 2 is 2.00 bits per heavy atom. The van der Waals surface area contributed by atoms with Crippen molar-refractivity contribution < 1.29 is 19.7 Å². The summed E-state index contributed by atoms with van der Waals surface area (Å²) >= 11 is 0. The van der Waals surface area contributed by atoms with Gasteiger partial charge in [-0.1, -0.05) is 0 Å². The first-order chi connectivity index (χ1) is 12.7. The molecular formula is C21H28N2O4. The van der Waals surface area contributed by atoms with E-state index in [9.17, 15) is 15.0 Å². The molecule has 6 nitrogen and oxygen atoms in total. The summed E-state index contributed by atoms with van der Waals surface area (Å²) in [6.45, 7) is 7.09. The van der Waals surface area contributed by atoms with Crippen LogP contribution < -0.4 is 0 Å². The number of piperidine rings is 1. The number of aryl methyl sites for hydroxylation is 2. The van der Waals surface area contributed by atoms with Gasteiger partial charge in [0.2, 0.25) is 0 Å². The minimum atomic E-state index is -1.14. The maximum atomic E-state index is 13.0. The first kappa shape index (κ1) is 18.5. The van der Waals surface area contributed by atoms with Crippen molar-refractivity contribution in [1.29, 1.82) is 0 Å². The Balaban J connectivity index is 1.48. The van der Waals surface area contributed by atoms with Crippen molar-refractivity contribution >= 4 is 16.8 Å². The molecule has 146 valence electrons. The van der Waals surface area contributed by atoms with E-state index in [-0.39, 0.29) is 12.5 Å². The summed E-state index contributed by atoms with van der Waals surface area (Å²) in [6, 6.07) is 5.82. The molecule has 3 N–H and O–H groups in total. The number of hydrogen-bond donors (Lipinski definition) is 3. The van der Waals surface area contributed by atoms with E-state index in [2.05, 4.69) is 11.9 Å². The lowest BCUT2D eigenvalue weighted by atomic mass is 9.76. The Hall–Kier alpha value is -1.89. The number of nitrogens with zero attached hydrogens (tertiary/aromatic N) is 1. The van der Waals surface area contributed by atoms with E-state index in [0.29, 0.717) is 37.9 Å². The molecule has 0 unspecified atom stereocenters. The molecule has 0 radical (unpaired) electrons. The van der Waals surface area contributed by atoms with Gasteiger partial charge in [-0.25, -0.2) is 0 Å². The van der Waals surface area contributed by atoms with Gasteiger partial charge in [0, 0.05) is 41.7 Å². The molecule has 1 aromatic carbocycles. The fourth-order valence-electron chi connectivity index (χ4n) is 4.47.